The number of carbonyl (C=O) groups is 1. The summed E-state index contributed by atoms with van der Waals surface area (Å²) in [7, 11) is 0. The molecule has 1 aliphatic rings. The Hall–Kier alpha value is -3.65. The summed E-state index contributed by atoms with van der Waals surface area (Å²) in [6, 6.07) is 39.8. The molecular formula is C33H33NO. The molecule has 5 rings (SSSR count). The molecule has 0 unspecified atom stereocenters. The Morgan fingerprint density at radius 2 is 1.20 bits per heavy atom. The maximum Gasteiger partial charge on any atom is 0.228 e. The first-order valence-corrected chi connectivity index (χ1v) is 12.8. The average molecular weight is 460 g/mol. The van der Waals surface area contributed by atoms with Crippen molar-refractivity contribution in [3.63, 3.8) is 0 Å². The van der Waals surface area contributed by atoms with Crippen LogP contribution >= 0.6 is 0 Å². The van der Waals surface area contributed by atoms with Crippen LogP contribution < -0.4 is 5.32 Å². The summed E-state index contributed by atoms with van der Waals surface area (Å²) in [4.78, 5) is 13.9. The zero-order valence-electron chi connectivity index (χ0n) is 20.1. The highest BCUT2D eigenvalue weighted by atomic mass is 16.2. The molecule has 0 bridgehead atoms. The fourth-order valence-electron chi connectivity index (χ4n) is 5.49. The van der Waals surface area contributed by atoms with Crippen molar-refractivity contribution in [2.45, 2.75) is 44.1 Å². The largest absolute Gasteiger partial charge is 0.348 e. The zero-order valence-corrected chi connectivity index (χ0v) is 20.1. The van der Waals surface area contributed by atoms with Crippen molar-refractivity contribution in [2.24, 2.45) is 5.92 Å². The fraction of sp³-hybridized carbons (Fsp3) is 0.242. The molecule has 0 saturated heterocycles. The average Bonchev–Trinajstić information content (AvgIpc) is 3.45. The molecule has 0 heterocycles. The smallest absolute Gasteiger partial charge is 0.228 e. The molecule has 176 valence electrons. The van der Waals surface area contributed by atoms with Gasteiger partial charge in [-0.3, -0.25) is 4.79 Å². The third-order valence-electron chi connectivity index (χ3n) is 7.33. The Balaban J connectivity index is 1.43. The fourth-order valence-corrected chi connectivity index (χ4v) is 5.49. The summed E-state index contributed by atoms with van der Waals surface area (Å²) in [5.74, 6) is 0.465. The topological polar surface area (TPSA) is 29.1 Å². The van der Waals surface area contributed by atoms with Gasteiger partial charge in [-0.1, -0.05) is 128 Å². The molecule has 0 aliphatic heterocycles. The lowest BCUT2D eigenvalue weighted by Gasteiger charge is -2.27. The SMILES string of the molecule is O=C(N[C@H](Cc1ccccc1)c1ccc(-c2ccccc2)cc1)[C@H](c1ccccc1)C1CCCC1. The van der Waals surface area contributed by atoms with E-state index in [1.54, 1.807) is 0 Å². The van der Waals surface area contributed by atoms with Crippen molar-refractivity contribution >= 4 is 5.91 Å². The van der Waals surface area contributed by atoms with E-state index in [0.29, 0.717) is 5.92 Å². The van der Waals surface area contributed by atoms with Gasteiger partial charge in [0, 0.05) is 0 Å². The number of rotatable bonds is 8. The first-order chi connectivity index (χ1) is 17.3. The highest BCUT2D eigenvalue weighted by molar-refractivity contribution is 5.84. The molecule has 35 heavy (non-hydrogen) atoms. The predicted molar refractivity (Wildman–Crippen MR) is 144 cm³/mol. The number of nitrogens with one attached hydrogen (secondary N) is 1. The van der Waals surface area contributed by atoms with Gasteiger partial charge < -0.3 is 5.32 Å². The van der Waals surface area contributed by atoms with Crippen molar-refractivity contribution < 1.29 is 4.79 Å². The molecule has 4 aromatic rings. The van der Waals surface area contributed by atoms with Crippen LogP contribution in [-0.4, -0.2) is 5.91 Å². The molecule has 1 amide bonds. The minimum atomic E-state index is -0.0967. The number of hydrogen-bond donors (Lipinski definition) is 1. The van der Waals surface area contributed by atoms with Crippen LogP contribution in [0.5, 0.6) is 0 Å². The minimum Gasteiger partial charge on any atom is -0.348 e. The van der Waals surface area contributed by atoms with Gasteiger partial charge in [-0.25, -0.2) is 0 Å². The lowest BCUT2D eigenvalue weighted by atomic mass is 9.83. The summed E-state index contributed by atoms with van der Waals surface area (Å²) in [5.41, 5.74) is 5.89. The van der Waals surface area contributed by atoms with E-state index in [2.05, 4.69) is 90.2 Å². The molecule has 1 fully saturated rings. The van der Waals surface area contributed by atoms with Crippen LogP contribution in [0.3, 0.4) is 0 Å². The Morgan fingerprint density at radius 1 is 0.657 bits per heavy atom. The van der Waals surface area contributed by atoms with Crippen molar-refractivity contribution in [3.05, 3.63) is 132 Å². The summed E-state index contributed by atoms with van der Waals surface area (Å²) in [6.45, 7) is 0. The quantitative estimate of drug-likeness (QED) is 0.287. The Morgan fingerprint density at radius 3 is 1.83 bits per heavy atom. The summed E-state index contributed by atoms with van der Waals surface area (Å²) in [5, 5.41) is 3.48. The normalized spacial score (nSPS) is 15.4. The molecule has 2 atom stereocenters. The van der Waals surface area contributed by atoms with Crippen LogP contribution in [0.25, 0.3) is 11.1 Å². The molecule has 0 radical (unpaired) electrons. The van der Waals surface area contributed by atoms with Crippen molar-refractivity contribution in [3.8, 4) is 11.1 Å². The van der Waals surface area contributed by atoms with E-state index in [1.807, 2.05) is 30.3 Å². The second kappa shape index (κ2) is 11.2. The van der Waals surface area contributed by atoms with Gasteiger partial charge in [0.2, 0.25) is 5.91 Å². The number of carbonyl (C=O) groups excluding carboxylic acids is 1. The molecule has 0 aromatic heterocycles. The maximum absolute atomic E-state index is 13.9. The van der Waals surface area contributed by atoms with E-state index in [0.717, 1.165) is 30.4 Å². The summed E-state index contributed by atoms with van der Waals surface area (Å²) >= 11 is 0. The second-order valence-corrected chi connectivity index (χ2v) is 9.67. The number of amides is 1. The molecule has 1 saturated carbocycles. The molecule has 4 aromatic carbocycles. The first-order valence-electron chi connectivity index (χ1n) is 12.8. The van der Waals surface area contributed by atoms with E-state index in [1.165, 1.54) is 29.5 Å². The number of benzene rings is 4. The van der Waals surface area contributed by atoms with Crippen LogP contribution in [0, 0.1) is 5.92 Å². The minimum absolute atomic E-state index is 0.0812. The van der Waals surface area contributed by atoms with Crippen LogP contribution in [0.1, 0.15) is 54.3 Å². The zero-order chi connectivity index (χ0) is 23.9. The number of hydrogen-bond acceptors (Lipinski definition) is 1. The van der Waals surface area contributed by atoms with E-state index in [4.69, 9.17) is 0 Å². The van der Waals surface area contributed by atoms with Crippen molar-refractivity contribution in [1.82, 2.24) is 5.32 Å². The maximum atomic E-state index is 13.9. The second-order valence-electron chi connectivity index (χ2n) is 9.67. The van der Waals surface area contributed by atoms with E-state index >= 15 is 0 Å². The van der Waals surface area contributed by atoms with Gasteiger partial charge in [0.15, 0.2) is 0 Å². The van der Waals surface area contributed by atoms with Gasteiger partial charge in [-0.05, 0) is 53.0 Å². The van der Waals surface area contributed by atoms with Crippen LogP contribution in [0.2, 0.25) is 0 Å². The van der Waals surface area contributed by atoms with Gasteiger partial charge in [-0.2, -0.15) is 0 Å². The van der Waals surface area contributed by atoms with E-state index in [-0.39, 0.29) is 17.9 Å². The Bertz CT molecular complexity index is 1200. The van der Waals surface area contributed by atoms with Crippen LogP contribution in [-0.2, 0) is 11.2 Å². The lowest BCUT2D eigenvalue weighted by molar-refractivity contribution is -0.124. The lowest BCUT2D eigenvalue weighted by Crippen LogP contribution is -2.36. The summed E-state index contributed by atoms with van der Waals surface area (Å²) in [6.07, 6.45) is 5.46. The molecule has 2 heteroatoms. The molecule has 2 nitrogen and oxygen atoms in total. The van der Waals surface area contributed by atoms with Gasteiger partial charge in [0.25, 0.3) is 0 Å². The van der Waals surface area contributed by atoms with Gasteiger partial charge in [0.1, 0.15) is 0 Å². The van der Waals surface area contributed by atoms with Crippen LogP contribution in [0.15, 0.2) is 115 Å². The summed E-state index contributed by atoms with van der Waals surface area (Å²) < 4.78 is 0. The highest BCUT2D eigenvalue weighted by Crippen LogP contribution is 2.38. The van der Waals surface area contributed by atoms with Gasteiger partial charge >= 0.3 is 0 Å². The molecule has 0 spiro atoms. The third kappa shape index (κ3) is 5.71. The highest BCUT2D eigenvalue weighted by Gasteiger charge is 2.33. The Kier molecular flexibility index (Phi) is 7.38. The van der Waals surface area contributed by atoms with Crippen molar-refractivity contribution in [2.75, 3.05) is 0 Å². The molecule has 1 aliphatic carbocycles. The first kappa shape index (κ1) is 23.1. The van der Waals surface area contributed by atoms with E-state index in [9.17, 15) is 4.79 Å². The van der Waals surface area contributed by atoms with Crippen molar-refractivity contribution in [1.29, 1.82) is 0 Å². The van der Waals surface area contributed by atoms with Gasteiger partial charge in [-0.15, -0.1) is 0 Å². The molecule has 1 N–H and O–H groups in total. The van der Waals surface area contributed by atoms with Crippen LogP contribution in [0.4, 0.5) is 0 Å². The monoisotopic (exact) mass is 459 g/mol. The standard InChI is InChI=1S/C33H33NO/c35-33(32(30-18-10-11-19-30)29-16-8-3-9-17-29)34-31(24-25-12-4-1-5-13-25)28-22-20-27(21-23-28)26-14-6-2-7-15-26/h1-9,12-17,20-23,30-32H,10-11,18-19,24H2,(H,34,35)/t31-,32-/m1/s1. The van der Waals surface area contributed by atoms with Gasteiger partial charge in [0.05, 0.1) is 12.0 Å². The third-order valence-corrected chi connectivity index (χ3v) is 7.33. The molecular weight excluding hydrogens is 426 g/mol. The predicted octanol–water partition coefficient (Wildman–Crippen LogP) is 7.73. The van der Waals surface area contributed by atoms with E-state index < -0.39 is 0 Å². The Labute approximate surface area is 209 Å².